The van der Waals surface area contributed by atoms with E-state index < -0.39 is 48.4 Å². The summed E-state index contributed by atoms with van der Waals surface area (Å²) in [5.41, 5.74) is 0.773. The van der Waals surface area contributed by atoms with E-state index in [0.717, 1.165) is 18.5 Å². The van der Waals surface area contributed by atoms with Crippen LogP contribution in [0.5, 0.6) is 0 Å². The SMILES string of the molecule is C=C1CN2CCN3CCN4CCN(CC2)CC(=O)OC(O1)(OC(=O)C3)OC(CNC(=O)CCC(=O)CCC)C4.C=C1CN2CCN3CCN4CCN(CC2)CC(=O)OC(O1)(OC(=O)C3)OC(Cn1cc(CCCC(=O)CCC)nn1)C4. The summed E-state index contributed by atoms with van der Waals surface area (Å²) in [7, 11) is 0. The Morgan fingerprint density at radius 3 is 1.33 bits per heavy atom. The number of nitrogens with one attached hydrogen (secondary N) is 1. The minimum atomic E-state index is -2.49. The highest BCUT2D eigenvalue weighted by molar-refractivity contribution is 5.85. The van der Waals surface area contributed by atoms with Crippen molar-refractivity contribution >= 4 is 41.4 Å². The average molecular weight is 1140 g/mol. The first-order valence-electron chi connectivity index (χ1n) is 28.9. The van der Waals surface area contributed by atoms with Crippen molar-refractivity contribution in [2.45, 2.75) is 103 Å². The summed E-state index contributed by atoms with van der Waals surface area (Å²) < 4.78 is 49.1. The number of ketones is 2. The van der Waals surface area contributed by atoms with Gasteiger partial charge in [0.25, 0.3) is 0 Å². The average Bonchev–Trinajstić information content (AvgIpc) is 3.98. The van der Waals surface area contributed by atoms with Crippen LogP contribution in [0.15, 0.2) is 30.9 Å². The number of aryl methyl sites for hydroxylation is 1. The molecule has 6 unspecified atom stereocenters. The molecule has 0 saturated carbocycles. The lowest BCUT2D eigenvalue weighted by atomic mass is 10.1. The molecule has 9 rings (SSSR count). The minimum absolute atomic E-state index is 0.00413. The number of hydrogen-bond acceptors (Lipinski definition) is 25. The summed E-state index contributed by atoms with van der Waals surface area (Å²) >= 11 is 0. The topological polar surface area (TPSA) is 262 Å². The van der Waals surface area contributed by atoms with Crippen LogP contribution in [-0.2, 0) is 84.4 Å². The minimum Gasteiger partial charge on any atom is -0.400 e. The van der Waals surface area contributed by atoms with Gasteiger partial charge in [-0.1, -0.05) is 32.2 Å². The lowest BCUT2D eigenvalue weighted by Gasteiger charge is -2.36. The summed E-state index contributed by atoms with van der Waals surface area (Å²) in [6, 6.07) is 0. The number of carbonyl (C=O) groups is 7. The summed E-state index contributed by atoms with van der Waals surface area (Å²) in [5.74, 6) is -2.08. The molecule has 1 amide bonds. The number of esters is 4. The fraction of sp³-hybridized carbons (Fsp3) is 0.759. The van der Waals surface area contributed by atoms with E-state index in [1.54, 1.807) is 4.68 Å². The highest BCUT2D eigenvalue weighted by atomic mass is 17.0. The first kappa shape index (κ1) is 61.6. The van der Waals surface area contributed by atoms with Crippen molar-refractivity contribution in [2.75, 3.05) is 164 Å². The molecule has 1 aromatic rings. The van der Waals surface area contributed by atoms with E-state index in [1.807, 2.05) is 29.8 Å². The van der Waals surface area contributed by atoms with Crippen molar-refractivity contribution in [1.29, 1.82) is 0 Å². The predicted molar refractivity (Wildman–Crippen MR) is 287 cm³/mol. The maximum atomic E-state index is 13.2. The zero-order valence-electron chi connectivity index (χ0n) is 47.4. The van der Waals surface area contributed by atoms with Crippen molar-refractivity contribution in [3.63, 3.8) is 0 Å². The second-order valence-corrected chi connectivity index (χ2v) is 22.1. The molecule has 6 atom stereocenters. The number of nitrogens with zero attached hydrogens (tertiary/aromatic N) is 11. The van der Waals surface area contributed by atoms with Gasteiger partial charge in [0.2, 0.25) is 5.91 Å². The molecule has 8 saturated heterocycles. The molecule has 1 aromatic heterocycles. The van der Waals surface area contributed by atoms with Crippen molar-refractivity contribution in [3.05, 3.63) is 36.6 Å². The number of aromatic nitrogens is 3. The van der Waals surface area contributed by atoms with Gasteiger partial charge in [-0.3, -0.25) is 82.2 Å². The third kappa shape index (κ3) is 19.6. The Labute approximate surface area is 473 Å². The molecule has 2 spiro atoms. The highest BCUT2D eigenvalue weighted by Crippen LogP contribution is 2.30. The molecular formula is C54H84N12O15. The fourth-order valence-corrected chi connectivity index (χ4v) is 10.9. The van der Waals surface area contributed by atoms with Crippen LogP contribution in [-0.4, -0.2) is 284 Å². The molecule has 8 fully saturated rings. The lowest BCUT2D eigenvalue weighted by Crippen LogP contribution is -2.53. The fourth-order valence-electron chi connectivity index (χ4n) is 10.9. The smallest absolute Gasteiger partial charge is 0.400 e. The molecule has 8 aliphatic rings. The summed E-state index contributed by atoms with van der Waals surface area (Å²) in [5, 5.41) is 11.4. The standard InChI is InChI=1S/C28H43N7O7.C26H41N5O8/c1-3-5-24(36)7-4-6-23-17-35(30-29-23)19-25-18-32-10-14-33-12-8-31-9-13-34(15-11-32)21-27(38)42-28(40-25,39-22(2)16-31)41-26(37)20-33;1-3-4-21(32)5-6-23(33)27-15-22-17-29-9-13-30-11-7-28-8-12-31(14-10-29)19-25(35)39-26(37-22,36-20(2)16-28)38-24(34)18-30/h17,25H,2-16,18-21H2,1H3;22H,2-19H2,1H3,(H,27,33). The largest absolute Gasteiger partial charge is 0.564 e. The normalized spacial score (nSPS) is 33.1. The third-order valence-corrected chi connectivity index (χ3v) is 15.2. The van der Waals surface area contributed by atoms with E-state index in [0.29, 0.717) is 163 Å². The number of Topliss-reactive ketones (excluding diaryl/α,β-unsaturated/α-hetero) is 2. The van der Waals surface area contributed by atoms with Crippen LogP contribution in [0.1, 0.15) is 70.9 Å². The van der Waals surface area contributed by atoms with Crippen LogP contribution >= 0.6 is 0 Å². The number of carbonyl (C=O) groups excluding carboxylic acids is 7. The Kier molecular flexibility index (Phi) is 22.5. The highest BCUT2D eigenvalue weighted by Gasteiger charge is 2.51. The zero-order chi connectivity index (χ0) is 57.4. The molecule has 27 heteroatoms. The van der Waals surface area contributed by atoms with Gasteiger partial charge < -0.3 is 33.7 Å². The zero-order valence-corrected chi connectivity index (χ0v) is 47.4. The van der Waals surface area contributed by atoms with Crippen LogP contribution in [0.4, 0.5) is 0 Å². The lowest BCUT2D eigenvalue weighted by molar-refractivity contribution is -0.467. The summed E-state index contributed by atoms with van der Waals surface area (Å²) in [6.07, 6.45) is 0.221. The third-order valence-electron chi connectivity index (χ3n) is 15.2. The van der Waals surface area contributed by atoms with Crippen molar-refractivity contribution in [2.24, 2.45) is 0 Å². The van der Waals surface area contributed by atoms with Gasteiger partial charge in [0.05, 0.1) is 57.6 Å². The van der Waals surface area contributed by atoms with Crippen LogP contribution in [0.3, 0.4) is 0 Å². The van der Waals surface area contributed by atoms with Gasteiger partial charge in [-0.2, -0.15) is 0 Å². The van der Waals surface area contributed by atoms with E-state index in [1.165, 1.54) is 0 Å². The number of hydrogen-bond donors (Lipinski definition) is 1. The van der Waals surface area contributed by atoms with Crippen LogP contribution in [0, 0.1) is 0 Å². The summed E-state index contributed by atoms with van der Waals surface area (Å²) in [6.45, 7) is 24.3. The molecular weight excluding hydrogens is 1060 g/mol. The van der Waals surface area contributed by atoms with Gasteiger partial charge in [-0.25, -0.2) is 4.68 Å². The van der Waals surface area contributed by atoms with Gasteiger partial charge >= 0.3 is 36.2 Å². The number of rotatable bonds is 15. The van der Waals surface area contributed by atoms with E-state index in [-0.39, 0.29) is 81.1 Å². The molecule has 0 radical (unpaired) electrons. The van der Waals surface area contributed by atoms with Crippen molar-refractivity contribution < 1.29 is 71.5 Å². The monoisotopic (exact) mass is 1140 g/mol. The van der Waals surface area contributed by atoms with Gasteiger partial charge in [0.15, 0.2) is 0 Å². The summed E-state index contributed by atoms with van der Waals surface area (Å²) in [4.78, 5) is 106. The quantitative estimate of drug-likeness (QED) is 0.206. The van der Waals surface area contributed by atoms with Gasteiger partial charge in [-0.15, -0.1) is 5.10 Å². The van der Waals surface area contributed by atoms with E-state index >= 15 is 0 Å². The van der Waals surface area contributed by atoms with Gasteiger partial charge in [0.1, 0.15) is 29.2 Å². The number of fused-ring (bicyclic) bond motifs is 24. The molecule has 450 valence electrons. The number of amides is 1. The molecule has 0 aromatic carbocycles. The molecule has 9 heterocycles. The molecule has 1 N–H and O–H groups in total. The Bertz CT molecular complexity index is 2250. The Hall–Kier alpha value is -5.49. The Balaban J connectivity index is 0.000000213. The Morgan fingerprint density at radius 2 is 0.901 bits per heavy atom. The van der Waals surface area contributed by atoms with Crippen LogP contribution in [0.2, 0.25) is 0 Å². The molecule has 0 aliphatic carbocycles. The number of ether oxygens (including phenoxy) is 8. The second-order valence-electron chi connectivity index (χ2n) is 22.1. The molecule has 27 nitrogen and oxygen atoms in total. The maximum Gasteiger partial charge on any atom is 0.564 e. The molecule has 81 heavy (non-hydrogen) atoms. The predicted octanol–water partition coefficient (Wildman–Crippen LogP) is -1.03. The van der Waals surface area contributed by atoms with Crippen LogP contribution < -0.4 is 5.32 Å². The van der Waals surface area contributed by atoms with E-state index in [4.69, 9.17) is 37.9 Å². The molecule has 10 bridgehead atoms. The molecule has 8 aliphatic heterocycles. The van der Waals surface area contributed by atoms with Crippen LogP contribution in [0.25, 0.3) is 0 Å². The van der Waals surface area contributed by atoms with Crippen molar-refractivity contribution in [1.82, 2.24) is 59.5 Å². The van der Waals surface area contributed by atoms with E-state index in [2.05, 4.69) is 58.2 Å². The first-order chi connectivity index (χ1) is 39.0. The van der Waals surface area contributed by atoms with Crippen molar-refractivity contribution in [3.8, 4) is 0 Å². The van der Waals surface area contributed by atoms with Gasteiger partial charge in [0, 0.05) is 163 Å². The maximum absolute atomic E-state index is 13.2. The Morgan fingerprint density at radius 1 is 0.519 bits per heavy atom. The first-order valence-corrected chi connectivity index (χ1v) is 28.9. The van der Waals surface area contributed by atoms with E-state index in [9.17, 15) is 33.6 Å². The van der Waals surface area contributed by atoms with Gasteiger partial charge in [-0.05, 0) is 25.7 Å². The second kappa shape index (κ2) is 29.7.